The van der Waals surface area contributed by atoms with E-state index in [1.165, 1.54) is 0 Å². The van der Waals surface area contributed by atoms with Gasteiger partial charge in [0.25, 0.3) is 0 Å². The summed E-state index contributed by atoms with van der Waals surface area (Å²) in [4.78, 5) is 1.84. The van der Waals surface area contributed by atoms with Gasteiger partial charge in [0.2, 0.25) is 0 Å². The third-order valence-corrected chi connectivity index (χ3v) is 5.44. The van der Waals surface area contributed by atoms with Gasteiger partial charge in [0.1, 0.15) is 32.8 Å². The van der Waals surface area contributed by atoms with Crippen molar-refractivity contribution >= 4 is 21.6 Å². The highest BCUT2D eigenvalue weighted by molar-refractivity contribution is 8.76. The van der Waals surface area contributed by atoms with Crippen LogP contribution in [0.1, 0.15) is 0 Å². The molecule has 0 bridgehead atoms. The number of ether oxygens (including phenoxy) is 4. The van der Waals surface area contributed by atoms with E-state index < -0.39 is 0 Å². The van der Waals surface area contributed by atoms with Crippen LogP contribution in [0.15, 0.2) is 46.2 Å². The Bertz CT molecular complexity index is 532. The zero-order valence-corrected chi connectivity index (χ0v) is 14.5. The number of rotatable bonds is 7. The molecule has 0 aromatic heterocycles. The lowest BCUT2D eigenvalue weighted by atomic mass is 10.3. The highest BCUT2D eigenvalue weighted by Crippen LogP contribution is 2.51. The molecule has 0 fully saturated rings. The fourth-order valence-electron chi connectivity index (χ4n) is 1.88. The van der Waals surface area contributed by atoms with Gasteiger partial charge >= 0.3 is 0 Å². The van der Waals surface area contributed by atoms with Crippen molar-refractivity contribution in [3.05, 3.63) is 36.4 Å². The van der Waals surface area contributed by atoms with Crippen molar-refractivity contribution in [1.82, 2.24) is 0 Å². The van der Waals surface area contributed by atoms with Gasteiger partial charge in [-0.3, -0.25) is 0 Å². The van der Waals surface area contributed by atoms with Crippen molar-refractivity contribution in [2.75, 3.05) is 28.4 Å². The lowest BCUT2D eigenvalue weighted by Gasteiger charge is -2.14. The zero-order valence-electron chi connectivity index (χ0n) is 12.9. The molecule has 0 N–H and O–H groups in total. The van der Waals surface area contributed by atoms with E-state index in [4.69, 9.17) is 18.9 Å². The second kappa shape index (κ2) is 8.10. The Hall–Kier alpha value is -1.66. The Labute approximate surface area is 138 Å². The molecule has 0 aliphatic heterocycles. The Kier molecular flexibility index (Phi) is 6.15. The van der Waals surface area contributed by atoms with Crippen LogP contribution in [-0.4, -0.2) is 28.4 Å². The van der Waals surface area contributed by atoms with E-state index in [0.717, 1.165) is 32.8 Å². The molecule has 0 amide bonds. The maximum atomic E-state index is 5.41. The molecule has 0 saturated heterocycles. The molecule has 22 heavy (non-hydrogen) atoms. The Morgan fingerprint density at radius 3 is 1.05 bits per heavy atom. The van der Waals surface area contributed by atoms with Crippen LogP contribution in [0, 0.1) is 0 Å². The largest absolute Gasteiger partial charge is 0.495 e. The smallest absolute Gasteiger partial charge is 0.137 e. The van der Waals surface area contributed by atoms with E-state index in [2.05, 4.69) is 0 Å². The molecule has 0 atom stereocenters. The number of hydrogen-bond donors (Lipinski definition) is 0. The van der Waals surface area contributed by atoms with E-state index in [9.17, 15) is 0 Å². The fourth-order valence-corrected chi connectivity index (χ4v) is 4.47. The molecule has 2 aromatic carbocycles. The third-order valence-electron chi connectivity index (χ3n) is 2.97. The van der Waals surface area contributed by atoms with Gasteiger partial charge in [-0.25, -0.2) is 0 Å². The summed E-state index contributed by atoms with van der Waals surface area (Å²) in [6.45, 7) is 0. The van der Waals surface area contributed by atoms with Crippen LogP contribution in [0.3, 0.4) is 0 Å². The summed E-state index contributed by atoms with van der Waals surface area (Å²) in [7, 11) is 9.67. The molecule has 0 radical (unpaired) electrons. The third kappa shape index (κ3) is 3.56. The molecular weight excluding hydrogens is 320 g/mol. The molecular formula is C16H18O4S2. The van der Waals surface area contributed by atoms with Crippen molar-refractivity contribution in [1.29, 1.82) is 0 Å². The first-order valence-corrected chi connectivity index (χ1v) is 8.66. The van der Waals surface area contributed by atoms with Crippen LogP contribution < -0.4 is 18.9 Å². The monoisotopic (exact) mass is 338 g/mol. The minimum Gasteiger partial charge on any atom is -0.495 e. The van der Waals surface area contributed by atoms with Crippen LogP contribution in [0.25, 0.3) is 0 Å². The van der Waals surface area contributed by atoms with E-state index in [0.29, 0.717) is 0 Å². The Balaban J connectivity index is 2.31. The minimum atomic E-state index is 0.769. The highest BCUT2D eigenvalue weighted by atomic mass is 33.1. The molecule has 2 aromatic rings. The number of methoxy groups -OCH3 is 4. The molecule has 0 unspecified atom stereocenters. The van der Waals surface area contributed by atoms with Crippen LogP contribution in [0.5, 0.6) is 23.0 Å². The van der Waals surface area contributed by atoms with Crippen molar-refractivity contribution < 1.29 is 18.9 Å². The summed E-state index contributed by atoms with van der Waals surface area (Å²) in [5.41, 5.74) is 0. The summed E-state index contributed by atoms with van der Waals surface area (Å²) in [6, 6.07) is 11.4. The lowest BCUT2D eigenvalue weighted by molar-refractivity contribution is 0.376. The van der Waals surface area contributed by atoms with Crippen molar-refractivity contribution in [2.45, 2.75) is 9.79 Å². The minimum absolute atomic E-state index is 0.769. The molecule has 118 valence electrons. The summed E-state index contributed by atoms with van der Waals surface area (Å²) in [6.07, 6.45) is 0. The van der Waals surface area contributed by atoms with Gasteiger partial charge in [-0.2, -0.15) is 0 Å². The molecule has 0 spiro atoms. The first kappa shape index (κ1) is 16.7. The van der Waals surface area contributed by atoms with Gasteiger partial charge in [0, 0.05) is 0 Å². The van der Waals surface area contributed by atoms with E-state index in [-0.39, 0.29) is 0 Å². The SMILES string of the molecule is COc1cccc(OC)c1SSc1c(OC)cccc1OC. The van der Waals surface area contributed by atoms with Crippen LogP contribution >= 0.6 is 21.6 Å². The summed E-state index contributed by atoms with van der Waals surface area (Å²) in [5.74, 6) is 3.08. The molecule has 0 heterocycles. The van der Waals surface area contributed by atoms with E-state index in [1.54, 1.807) is 50.0 Å². The highest BCUT2D eigenvalue weighted by Gasteiger charge is 2.16. The maximum absolute atomic E-state index is 5.41. The van der Waals surface area contributed by atoms with Gasteiger partial charge in [0.15, 0.2) is 0 Å². The second-order valence-electron chi connectivity index (χ2n) is 4.15. The first-order valence-electron chi connectivity index (χ1n) is 6.51. The number of hydrogen-bond acceptors (Lipinski definition) is 6. The summed E-state index contributed by atoms with van der Waals surface area (Å²) < 4.78 is 21.7. The van der Waals surface area contributed by atoms with Gasteiger partial charge < -0.3 is 18.9 Å². The summed E-state index contributed by atoms with van der Waals surface area (Å²) in [5, 5.41) is 0. The van der Waals surface area contributed by atoms with Gasteiger partial charge in [-0.05, 0) is 45.9 Å². The van der Waals surface area contributed by atoms with Gasteiger partial charge in [-0.1, -0.05) is 12.1 Å². The van der Waals surface area contributed by atoms with Crippen molar-refractivity contribution in [3.8, 4) is 23.0 Å². The predicted molar refractivity (Wildman–Crippen MR) is 90.8 cm³/mol. The molecule has 2 rings (SSSR count). The predicted octanol–water partition coefficient (Wildman–Crippen LogP) is 4.52. The molecule has 0 aliphatic carbocycles. The second-order valence-corrected chi connectivity index (χ2v) is 6.30. The maximum Gasteiger partial charge on any atom is 0.137 e. The molecule has 0 saturated carbocycles. The van der Waals surface area contributed by atoms with Crippen molar-refractivity contribution in [2.24, 2.45) is 0 Å². The van der Waals surface area contributed by atoms with Crippen LogP contribution in [0.2, 0.25) is 0 Å². The molecule has 6 heteroatoms. The van der Waals surface area contributed by atoms with Gasteiger partial charge in [0.05, 0.1) is 28.4 Å². The first-order chi connectivity index (χ1) is 10.7. The molecule has 0 aliphatic rings. The van der Waals surface area contributed by atoms with E-state index >= 15 is 0 Å². The Morgan fingerprint density at radius 2 is 0.818 bits per heavy atom. The normalized spacial score (nSPS) is 10.2. The number of benzene rings is 2. The average Bonchev–Trinajstić information content (AvgIpc) is 2.58. The molecule has 4 nitrogen and oxygen atoms in total. The van der Waals surface area contributed by atoms with E-state index in [1.807, 2.05) is 36.4 Å². The van der Waals surface area contributed by atoms with Crippen LogP contribution in [0.4, 0.5) is 0 Å². The quantitative estimate of drug-likeness (QED) is 0.691. The van der Waals surface area contributed by atoms with Crippen molar-refractivity contribution in [3.63, 3.8) is 0 Å². The Morgan fingerprint density at radius 1 is 0.545 bits per heavy atom. The topological polar surface area (TPSA) is 36.9 Å². The zero-order chi connectivity index (χ0) is 15.9. The lowest BCUT2D eigenvalue weighted by Crippen LogP contribution is -1.92. The summed E-state index contributed by atoms with van der Waals surface area (Å²) >= 11 is 0. The van der Waals surface area contributed by atoms with Gasteiger partial charge in [-0.15, -0.1) is 0 Å². The fraction of sp³-hybridized carbons (Fsp3) is 0.250. The van der Waals surface area contributed by atoms with Crippen LogP contribution in [-0.2, 0) is 0 Å². The average molecular weight is 338 g/mol. The standard InChI is InChI=1S/C16H18O4S2/c1-17-11-7-5-8-12(18-2)15(11)21-22-16-13(19-3)9-6-10-14(16)20-4/h5-10H,1-4H3.